The maximum atomic E-state index is 14.0. The number of ether oxygens (including phenoxy) is 1. The summed E-state index contributed by atoms with van der Waals surface area (Å²) in [6.07, 6.45) is 5.85. The van der Waals surface area contributed by atoms with Crippen LogP contribution in [0.2, 0.25) is 0 Å². The van der Waals surface area contributed by atoms with E-state index in [0.29, 0.717) is 22.3 Å². The van der Waals surface area contributed by atoms with E-state index in [0.717, 1.165) is 34.4 Å². The van der Waals surface area contributed by atoms with Crippen LogP contribution in [0.5, 0.6) is 5.75 Å². The van der Waals surface area contributed by atoms with E-state index in [1.165, 1.54) is 28.6 Å². The van der Waals surface area contributed by atoms with Crippen molar-refractivity contribution in [3.8, 4) is 16.3 Å². The molecule has 0 fully saturated rings. The monoisotopic (exact) mass is 610 g/mol. The number of amides is 1. The normalized spacial score (nSPS) is 13.5. The highest BCUT2D eigenvalue weighted by Crippen LogP contribution is 2.41. The molecule has 6 rings (SSSR count). The molecule has 0 bridgehead atoms. The Labute approximate surface area is 254 Å². The lowest BCUT2D eigenvalue weighted by atomic mass is 9.98. The zero-order valence-corrected chi connectivity index (χ0v) is 25.6. The molecule has 1 amide bonds. The van der Waals surface area contributed by atoms with E-state index < -0.39 is 15.9 Å². The van der Waals surface area contributed by atoms with Crippen molar-refractivity contribution in [2.24, 2.45) is 0 Å². The largest absolute Gasteiger partial charge is 0.485 e. The second-order valence-corrected chi connectivity index (χ2v) is 13.2. The number of anilines is 1. The quantitative estimate of drug-likeness (QED) is 0.208. The van der Waals surface area contributed by atoms with E-state index in [2.05, 4.69) is 28.8 Å². The molecule has 0 aliphatic heterocycles. The maximum absolute atomic E-state index is 14.0. The summed E-state index contributed by atoms with van der Waals surface area (Å²) in [5.74, 6) is -0.371. The third-order valence-corrected chi connectivity index (χ3v) is 10.1. The Kier molecular flexibility index (Phi) is 7.49. The van der Waals surface area contributed by atoms with Gasteiger partial charge in [0.25, 0.3) is 15.9 Å². The molecule has 0 radical (unpaired) electrons. The van der Waals surface area contributed by atoms with Gasteiger partial charge in [0, 0.05) is 4.88 Å². The van der Waals surface area contributed by atoms with E-state index in [9.17, 15) is 13.2 Å². The van der Waals surface area contributed by atoms with Crippen LogP contribution >= 0.6 is 11.3 Å². The minimum atomic E-state index is -4.33. The number of thiophene rings is 1. The predicted molar refractivity (Wildman–Crippen MR) is 171 cm³/mol. The van der Waals surface area contributed by atoms with Crippen LogP contribution < -0.4 is 15.2 Å². The minimum Gasteiger partial charge on any atom is -0.485 e. The number of hydrogen-bond acceptors (Lipinski definition) is 8. The standard InChI is InChI=1S/C33H30N4O4S2/c1-19-16-17-26(41-21(3)22-10-5-4-6-11-22)30-24(33(38)37-43(39,40)29-15-9-14-28(34)36-29)18-25(35-31(19)30)32-20(2)23-12-7-8-13-27(23)42-32/h4-6,8-11,13-18,21H,7,12H2,1-3H3,(H2,34,36)(H,37,38). The molecule has 8 nitrogen and oxygen atoms in total. The van der Waals surface area contributed by atoms with Gasteiger partial charge in [0.15, 0.2) is 5.03 Å². The molecule has 3 heterocycles. The van der Waals surface area contributed by atoms with E-state index in [1.54, 1.807) is 23.5 Å². The van der Waals surface area contributed by atoms with Crippen LogP contribution in [0, 0.1) is 13.8 Å². The first-order chi connectivity index (χ1) is 20.6. The van der Waals surface area contributed by atoms with E-state index >= 15 is 0 Å². The van der Waals surface area contributed by atoms with Crippen molar-refractivity contribution in [3.63, 3.8) is 0 Å². The number of nitrogens with two attached hydrogens (primary N) is 1. The number of hydrogen-bond donors (Lipinski definition) is 2. The number of nitrogens with one attached hydrogen (secondary N) is 1. The van der Waals surface area contributed by atoms with Crippen molar-refractivity contribution in [2.75, 3.05) is 5.73 Å². The van der Waals surface area contributed by atoms with Crippen LogP contribution in [0.4, 0.5) is 5.82 Å². The molecule has 1 aliphatic carbocycles. The summed E-state index contributed by atoms with van der Waals surface area (Å²) in [5, 5.41) is 0.0805. The van der Waals surface area contributed by atoms with Crippen LogP contribution in [-0.2, 0) is 16.4 Å². The molecule has 218 valence electrons. The van der Waals surface area contributed by atoms with Gasteiger partial charge in [-0.3, -0.25) is 4.79 Å². The molecule has 43 heavy (non-hydrogen) atoms. The Morgan fingerprint density at radius 3 is 2.58 bits per heavy atom. The van der Waals surface area contributed by atoms with Crippen LogP contribution in [0.1, 0.15) is 56.9 Å². The summed E-state index contributed by atoms with van der Waals surface area (Å²) in [6, 6.07) is 19.3. The van der Waals surface area contributed by atoms with Gasteiger partial charge in [0.1, 0.15) is 17.7 Å². The fourth-order valence-electron chi connectivity index (χ4n) is 5.31. The first-order valence-corrected chi connectivity index (χ1v) is 16.2. The Balaban J connectivity index is 1.53. The summed E-state index contributed by atoms with van der Waals surface area (Å²) in [5.41, 5.74) is 11.2. The van der Waals surface area contributed by atoms with E-state index in [1.807, 2.05) is 50.2 Å². The van der Waals surface area contributed by atoms with Crippen LogP contribution in [-0.4, -0.2) is 24.3 Å². The first-order valence-electron chi connectivity index (χ1n) is 13.9. The molecule has 1 unspecified atom stereocenters. The smallest absolute Gasteiger partial charge is 0.281 e. The van der Waals surface area contributed by atoms with Gasteiger partial charge in [0.2, 0.25) is 0 Å². The number of carbonyl (C=O) groups excluding carboxylic acids is 1. The number of aromatic nitrogens is 2. The van der Waals surface area contributed by atoms with Gasteiger partial charge >= 0.3 is 0 Å². The van der Waals surface area contributed by atoms with Gasteiger partial charge in [-0.25, -0.2) is 14.7 Å². The Hall–Kier alpha value is -4.54. The summed E-state index contributed by atoms with van der Waals surface area (Å²) in [6.45, 7) is 5.90. The van der Waals surface area contributed by atoms with E-state index in [4.69, 9.17) is 15.5 Å². The topological polar surface area (TPSA) is 124 Å². The summed E-state index contributed by atoms with van der Waals surface area (Å²) in [7, 11) is -4.33. The zero-order valence-electron chi connectivity index (χ0n) is 23.9. The number of fused-ring (bicyclic) bond motifs is 2. The van der Waals surface area contributed by atoms with Crippen LogP contribution in [0.15, 0.2) is 77.8 Å². The highest BCUT2D eigenvalue weighted by molar-refractivity contribution is 7.90. The molecule has 3 N–H and O–H groups in total. The number of aryl methyl sites for hydroxylation is 1. The second kappa shape index (κ2) is 11.3. The zero-order chi connectivity index (χ0) is 30.3. The fraction of sp³-hybridized carbons (Fsp3) is 0.182. The number of nitrogen functional groups attached to an aromatic ring is 1. The molecule has 3 aromatic heterocycles. The highest BCUT2D eigenvalue weighted by Gasteiger charge is 2.27. The van der Waals surface area contributed by atoms with Gasteiger partial charge < -0.3 is 10.5 Å². The van der Waals surface area contributed by atoms with Gasteiger partial charge in [0.05, 0.1) is 27.0 Å². The van der Waals surface area contributed by atoms with Gasteiger partial charge in [-0.05, 0) is 86.2 Å². The second-order valence-electron chi connectivity index (χ2n) is 10.5. The van der Waals surface area contributed by atoms with Crippen LogP contribution in [0.3, 0.4) is 0 Å². The minimum absolute atomic E-state index is 0.0272. The van der Waals surface area contributed by atoms with E-state index in [-0.39, 0.29) is 22.5 Å². The maximum Gasteiger partial charge on any atom is 0.281 e. The van der Waals surface area contributed by atoms with Crippen molar-refractivity contribution in [3.05, 3.63) is 106 Å². The molecule has 0 saturated heterocycles. The predicted octanol–water partition coefficient (Wildman–Crippen LogP) is 6.78. The number of rotatable bonds is 7. The number of allylic oxidation sites excluding steroid dienone is 1. The molecule has 0 spiro atoms. The van der Waals surface area contributed by atoms with Crippen molar-refractivity contribution < 1.29 is 17.9 Å². The van der Waals surface area contributed by atoms with Gasteiger partial charge in [-0.1, -0.05) is 48.5 Å². The Morgan fingerprint density at radius 2 is 1.84 bits per heavy atom. The summed E-state index contributed by atoms with van der Waals surface area (Å²) in [4.78, 5) is 25.0. The van der Waals surface area contributed by atoms with Gasteiger partial charge in [-0.15, -0.1) is 11.3 Å². The molecule has 10 heteroatoms. The molecule has 1 atom stereocenters. The highest BCUT2D eigenvalue weighted by atomic mass is 32.2. The lowest BCUT2D eigenvalue weighted by molar-refractivity contribution is 0.0982. The Bertz CT molecular complexity index is 2020. The lowest BCUT2D eigenvalue weighted by Gasteiger charge is -2.19. The van der Waals surface area contributed by atoms with Crippen molar-refractivity contribution in [1.29, 1.82) is 0 Å². The average Bonchev–Trinajstić information content (AvgIpc) is 3.34. The fourth-order valence-corrected chi connectivity index (χ4v) is 7.50. The summed E-state index contributed by atoms with van der Waals surface area (Å²) < 4.78 is 35.1. The Morgan fingerprint density at radius 1 is 1.05 bits per heavy atom. The first kappa shape index (κ1) is 28.6. The number of nitrogens with zero attached hydrogens (tertiary/aromatic N) is 2. The molecule has 2 aromatic carbocycles. The molecule has 1 aliphatic rings. The van der Waals surface area contributed by atoms with Crippen molar-refractivity contribution in [1.82, 2.24) is 14.7 Å². The number of benzene rings is 2. The number of sulfonamides is 1. The summed E-state index contributed by atoms with van der Waals surface area (Å²) >= 11 is 1.62. The SMILES string of the molecule is Cc1c(-c2cc(C(=O)NS(=O)(=O)c3cccc(N)n3)c3c(OC(C)c4ccccc4)ccc(C)c3n2)sc2c1CCC=C2. The average molecular weight is 611 g/mol. The van der Waals surface area contributed by atoms with Crippen molar-refractivity contribution in [2.45, 2.75) is 44.7 Å². The molecule has 5 aromatic rings. The molecule has 0 saturated carbocycles. The third kappa shape index (κ3) is 5.51. The number of carbonyl (C=O) groups is 1. The third-order valence-electron chi connectivity index (χ3n) is 7.55. The van der Waals surface area contributed by atoms with Crippen molar-refractivity contribution >= 4 is 50.1 Å². The molecular formula is C33H30N4O4S2. The lowest BCUT2D eigenvalue weighted by Crippen LogP contribution is -2.31. The van der Waals surface area contributed by atoms with Gasteiger partial charge in [-0.2, -0.15) is 8.42 Å². The van der Waals surface area contributed by atoms with Crippen LogP contribution in [0.25, 0.3) is 27.6 Å². The number of pyridine rings is 2. The molecular weight excluding hydrogens is 581 g/mol.